The van der Waals surface area contributed by atoms with Gasteiger partial charge in [-0.15, -0.1) is 0 Å². The molecule has 0 spiro atoms. The molecule has 0 heterocycles. The zero-order valence-corrected chi connectivity index (χ0v) is 19.9. The molecule has 31 heavy (non-hydrogen) atoms. The van der Waals surface area contributed by atoms with Crippen molar-refractivity contribution in [3.63, 3.8) is 0 Å². The van der Waals surface area contributed by atoms with Gasteiger partial charge in [-0.1, -0.05) is 39.5 Å². The predicted molar refractivity (Wildman–Crippen MR) is 118 cm³/mol. The van der Waals surface area contributed by atoms with Gasteiger partial charge in [0.2, 0.25) is 0 Å². The molecular formula is C23H39F3O4S. The van der Waals surface area contributed by atoms with Crippen LogP contribution in [-0.2, 0) is 9.59 Å². The van der Waals surface area contributed by atoms with E-state index in [1.807, 2.05) is 13.8 Å². The summed E-state index contributed by atoms with van der Waals surface area (Å²) in [7, 11) is 0. The first-order chi connectivity index (χ1) is 14.3. The minimum absolute atomic E-state index is 0.0184. The summed E-state index contributed by atoms with van der Waals surface area (Å²) in [4.78, 5) is 22.9. The van der Waals surface area contributed by atoms with Gasteiger partial charge in [-0.3, -0.25) is 9.59 Å². The third kappa shape index (κ3) is 10.6. The SMILES string of the molecule is CC(C)(CCCCC(F)(F)F)C(C)(O)CSC1CCC(=O)C1CCCCCCC(=O)O. The largest absolute Gasteiger partial charge is 0.481 e. The van der Waals surface area contributed by atoms with Crippen molar-refractivity contribution in [2.24, 2.45) is 11.3 Å². The van der Waals surface area contributed by atoms with Crippen LogP contribution in [0.4, 0.5) is 13.2 Å². The number of hydrogen-bond acceptors (Lipinski definition) is 4. The number of aliphatic hydroxyl groups is 1. The van der Waals surface area contributed by atoms with Gasteiger partial charge in [-0.2, -0.15) is 24.9 Å². The van der Waals surface area contributed by atoms with Gasteiger partial charge < -0.3 is 10.2 Å². The summed E-state index contributed by atoms with van der Waals surface area (Å²) in [6.07, 6.45) is 1.74. The molecule has 1 saturated carbocycles. The highest BCUT2D eigenvalue weighted by Crippen LogP contribution is 2.43. The van der Waals surface area contributed by atoms with Gasteiger partial charge in [0.1, 0.15) is 5.78 Å². The average molecular weight is 469 g/mol. The van der Waals surface area contributed by atoms with E-state index in [0.29, 0.717) is 31.4 Å². The summed E-state index contributed by atoms with van der Waals surface area (Å²) in [6, 6.07) is 0. The highest BCUT2D eigenvalue weighted by atomic mass is 32.2. The summed E-state index contributed by atoms with van der Waals surface area (Å²) in [6.45, 7) is 5.54. The molecule has 3 atom stereocenters. The second-order valence-electron chi connectivity index (χ2n) is 9.79. The minimum atomic E-state index is -4.14. The number of hydrogen-bond donors (Lipinski definition) is 2. The van der Waals surface area contributed by atoms with Crippen LogP contribution in [0, 0.1) is 11.3 Å². The molecule has 0 amide bonds. The third-order valence-electron chi connectivity index (χ3n) is 6.74. The van der Waals surface area contributed by atoms with Gasteiger partial charge in [-0.05, 0) is 44.4 Å². The first-order valence-corrected chi connectivity index (χ1v) is 12.5. The van der Waals surface area contributed by atoms with E-state index < -0.39 is 29.6 Å². The Hall–Kier alpha value is -0.760. The third-order valence-corrected chi connectivity index (χ3v) is 8.46. The van der Waals surface area contributed by atoms with Crippen molar-refractivity contribution in [2.45, 2.75) is 115 Å². The smallest absolute Gasteiger partial charge is 0.389 e. The normalized spacial score (nSPS) is 22.0. The Morgan fingerprint density at radius 1 is 1.03 bits per heavy atom. The predicted octanol–water partition coefficient (Wildman–Crippen LogP) is 6.39. The molecule has 1 rings (SSSR count). The second kappa shape index (κ2) is 12.5. The number of carboxylic acids is 1. The first-order valence-electron chi connectivity index (χ1n) is 11.4. The number of thioether (sulfide) groups is 1. The Balaban J connectivity index is 2.44. The number of alkyl halides is 3. The van der Waals surface area contributed by atoms with Gasteiger partial charge >= 0.3 is 12.1 Å². The molecule has 4 nitrogen and oxygen atoms in total. The maximum absolute atomic E-state index is 12.3. The second-order valence-corrected chi connectivity index (χ2v) is 11.0. The molecule has 1 fully saturated rings. The Morgan fingerprint density at radius 2 is 1.65 bits per heavy atom. The molecule has 1 aliphatic carbocycles. The Morgan fingerprint density at radius 3 is 2.26 bits per heavy atom. The summed E-state index contributed by atoms with van der Waals surface area (Å²) < 4.78 is 37.0. The van der Waals surface area contributed by atoms with Crippen LogP contribution < -0.4 is 0 Å². The molecule has 0 aromatic carbocycles. The lowest BCUT2D eigenvalue weighted by Gasteiger charge is -2.41. The quantitative estimate of drug-likeness (QED) is 0.272. The van der Waals surface area contributed by atoms with E-state index in [0.717, 1.165) is 32.1 Å². The van der Waals surface area contributed by atoms with Crippen LogP contribution in [-0.4, -0.2) is 44.7 Å². The van der Waals surface area contributed by atoms with Crippen LogP contribution in [0.15, 0.2) is 0 Å². The van der Waals surface area contributed by atoms with Gasteiger partial charge in [0.05, 0.1) is 5.60 Å². The van der Waals surface area contributed by atoms with Crippen LogP contribution in [0.5, 0.6) is 0 Å². The van der Waals surface area contributed by atoms with E-state index in [1.165, 1.54) is 0 Å². The number of halogens is 3. The van der Waals surface area contributed by atoms with Crippen LogP contribution in [0.1, 0.15) is 97.8 Å². The Labute approximate surface area is 188 Å². The Kier molecular flexibility index (Phi) is 11.4. The molecular weight excluding hydrogens is 429 g/mol. The number of aliphatic carboxylic acids is 1. The van der Waals surface area contributed by atoms with Gasteiger partial charge in [0.15, 0.2) is 0 Å². The lowest BCUT2D eigenvalue weighted by atomic mass is 9.73. The fraction of sp³-hybridized carbons (Fsp3) is 0.913. The zero-order chi connectivity index (χ0) is 23.7. The fourth-order valence-electron chi connectivity index (χ4n) is 4.05. The molecule has 0 aromatic rings. The topological polar surface area (TPSA) is 74.6 Å². The van der Waals surface area contributed by atoms with Crippen molar-refractivity contribution in [1.82, 2.24) is 0 Å². The standard InChI is InChI=1S/C23H39F3O4S/c1-21(2,14-8-9-15-23(24,25)26)22(3,30)16-31-19-13-12-18(27)17(19)10-6-4-5-7-11-20(28)29/h17,19,30H,4-16H2,1-3H3,(H,28,29). The van der Waals surface area contributed by atoms with Crippen molar-refractivity contribution in [3.8, 4) is 0 Å². The molecule has 0 radical (unpaired) electrons. The number of rotatable bonds is 15. The zero-order valence-electron chi connectivity index (χ0n) is 19.1. The van der Waals surface area contributed by atoms with Crippen molar-refractivity contribution < 1.29 is 33.0 Å². The van der Waals surface area contributed by atoms with Crippen LogP contribution in [0.25, 0.3) is 0 Å². The number of unbranched alkanes of at least 4 members (excludes halogenated alkanes) is 4. The summed E-state index contributed by atoms with van der Waals surface area (Å²) >= 11 is 1.62. The minimum Gasteiger partial charge on any atom is -0.481 e. The molecule has 8 heteroatoms. The molecule has 0 aromatic heterocycles. The Bertz CT molecular complexity index is 576. The summed E-state index contributed by atoms with van der Waals surface area (Å²) in [5, 5.41) is 19.9. The number of carboxylic acid groups (broad SMARTS) is 1. The van der Waals surface area contributed by atoms with E-state index >= 15 is 0 Å². The fourth-order valence-corrected chi connectivity index (χ4v) is 5.78. The maximum Gasteiger partial charge on any atom is 0.389 e. The number of carbonyl (C=O) groups excluding carboxylic acids is 1. The van der Waals surface area contributed by atoms with Gasteiger partial charge in [0, 0.05) is 36.2 Å². The van der Waals surface area contributed by atoms with E-state index in [9.17, 15) is 27.9 Å². The van der Waals surface area contributed by atoms with Crippen molar-refractivity contribution in [2.75, 3.05) is 5.75 Å². The van der Waals surface area contributed by atoms with Crippen molar-refractivity contribution in [1.29, 1.82) is 0 Å². The first kappa shape index (κ1) is 28.3. The molecule has 1 aliphatic rings. The molecule has 0 aliphatic heterocycles. The molecule has 2 N–H and O–H groups in total. The average Bonchev–Trinajstić information content (AvgIpc) is 2.99. The highest BCUT2D eigenvalue weighted by Gasteiger charge is 2.41. The van der Waals surface area contributed by atoms with Crippen molar-refractivity contribution >= 4 is 23.5 Å². The number of ketones is 1. The summed E-state index contributed by atoms with van der Waals surface area (Å²) in [5.74, 6) is -0.0752. The molecule has 0 bridgehead atoms. The van der Waals surface area contributed by atoms with E-state index in [1.54, 1.807) is 18.7 Å². The summed E-state index contributed by atoms with van der Waals surface area (Å²) in [5.41, 5.74) is -1.56. The van der Waals surface area contributed by atoms with Crippen LogP contribution in [0.3, 0.4) is 0 Å². The highest BCUT2D eigenvalue weighted by molar-refractivity contribution is 8.00. The van der Waals surface area contributed by atoms with Gasteiger partial charge in [0.25, 0.3) is 0 Å². The van der Waals surface area contributed by atoms with E-state index in [-0.39, 0.29) is 29.8 Å². The molecule has 3 unspecified atom stereocenters. The monoisotopic (exact) mass is 468 g/mol. The van der Waals surface area contributed by atoms with E-state index in [4.69, 9.17) is 5.11 Å². The molecule has 0 saturated heterocycles. The maximum atomic E-state index is 12.3. The lowest BCUT2D eigenvalue weighted by molar-refractivity contribution is -0.137. The van der Waals surface area contributed by atoms with E-state index in [2.05, 4.69) is 0 Å². The van der Waals surface area contributed by atoms with Crippen molar-refractivity contribution in [3.05, 3.63) is 0 Å². The van der Waals surface area contributed by atoms with Crippen LogP contribution in [0.2, 0.25) is 0 Å². The van der Waals surface area contributed by atoms with Crippen LogP contribution >= 0.6 is 11.8 Å². The molecule has 182 valence electrons. The van der Waals surface area contributed by atoms with Gasteiger partial charge in [-0.25, -0.2) is 0 Å². The number of Topliss-reactive ketones (excluding diaryl/α,β-unsaturated/α-hetero) is 1. The number of carbonyl (C=O) groups is 2. The lowest BCUT2D eigenvalue weighted by Crippen LogP contribution is -2.44.